The molecule has 6 nitrogen and oxygen atoms in total. The molecule has 1 aromatic carbocycles. The molecule has 0 saturated carbocycles. The number of ether oxygens (including phenoxy) is 2. The molecule has 0 aliphatic carbocycles. The predicted molar refractivity (Wildman–Crippen MR) is 145 cm³/mol. The van der Waals surface area contributed by atoms with E-state index in [2.05, 4.69) is 35.7 Å². The predicted octanol–water partition coefficient (Wildman–Crippen LogP) is 6.83. The van der Waals surface area contributed by atoms with Crippen LogP contribution < -0.4 is 4.90 Å². The maximum Gasteiger partial charge on any atom is 0.340 e. The lowest BCUT2D eigenvalue weighted by atomic mass is 9.81. The van der Waals surface area contributed by atoms with Gasteiger partial charge >= 0.3 is 5.97 Å². The Kier molecular flexibility index (Phi) is 8.46. The average Bonchev–Trinajstić information content (AvgIpc) is 2.78. The Labute approximate surface area is 216 Å². The molecule has 1 aliphatic heterocycles. The van der Waals surface area contributed by atoms with Crippen LogP contribution in [0.4, 0.5) is 5.69 Å². The van der Waals surface area contributed by atoms with Crippen molar-refractivity contribution in [2.45, 2.75) is 86.5 Å². The molecule has 2 heterocycles. The fraction of sp³-hybridized carbons (Fsp3) is 0.567. The molecule has 3 rings (SSSR count). The van der Waals surface area contributed by atoms with Crippen LogP contribution in [0, 0.1) is 25.8 Å². The normalized spacial score (nSPS) is 16.4. The molecule has 0 unspecified atom stereocenters. The van der Waals surface area contributed by atoms with Crippen molar-refractivity contribution in [1.82, 2.24) is 4.98 Å². The topological polar surface area (TPSA) is 56.0 Å². The molecule has 1 aliphatic rings. The minimum Gasteiger partial charge on any atom is -0.464 e. The molecule has 1 atom stereocenters. The van der Waals surface area contributed by atoms with Crippen molar-refractivity contribution in [2.75, 3.05) is 24.6 Å². The number of aryl methyl sites for hydroxylation is 2. The first-order chi connectivity index (χ1) is 16.9. The number of benzene rings is 1. The van der Waals surface area contributed by atoms with E-state index >= 15 is 0 Å². The molecule has 0 amide bonds. The molecule has 1 aromatic heterocycles. The molecule has 2 aromatic rings. The zero-order chi connectivity index (χ0) is 26.7. The first kappa shape index (κ1) is 27.7. The fourth-order valence-electron chi connectivity index (χ4n) is 4.83. The van der Waals surface area contributed by atoms with Crippen molar-refractivity contribution in [1.29, 1.82) is 0 Å². The van der Waals surface area contributed by atoms with Crippen LogP contribution in [0.2, 0.25) is 0 Å². The second kappa shape index (κ2) is 11.0. The van der Waals surface area contributed by atoms with Crippen LogP contribution in [0.3, 0.4) is 0 Å². The summed E-state index contributed by atoms with van der Waals surface area (Å²) in [5, 5.41) is 0. The molecular formula is C30H41N3O3. The van der Waals surface area contributed by atoms with E-state index in [0.717, 1.165) is 65.3 Å². The van der Waals surface area contributed by atoms with Gasteiger partial charge in [0, 0.05) is 41.2 Å². The zero-order valence-electron chi connectivity index (χ0n) is 23.2. The Bertz CT molecular complexity index is 1110. The number of esters is 1. The molecule has 0 spiro atoms. The third-order valence-corrected chi connectivity index (χ3v) is 6.75. The van der Waals surface area contributed by atoms with E-state index in [1.807, 2.05) is 53.7 Å². The monoisotopic (exact) mass is 491 g/mol. The van der Waals surface area contributed by atoms with Gasteiger partial charge in [0.05, 0.1) is 17.9 Å². The van der Waals surface area contributed by atoms with Crippen LogP contribution >= 0.6 is 0 Å². The molecule has 194 valence electrons. The summed E-state index contributed by atoms with van der Waals surface area (Å²) in [5.41, 5.74) is 6.22. The Morgan fingerprint density at radius 2 is 1.75 bits per heavy atom. The highest BCUT2D eigenvalue weighted by atomic mass is 16.6. The lowest BCUT2D eigenvalue weighted by Gasteiger charge is -2.41. The maximum atomic E-state index is 13.3. The van der Waals surface area contributed by atoms with Gasteiger partial charge < -0.3 is 19.2 Å². The molecule has 1 fully saturated rings. The van der Waals surface area contributed by atoms with Gasteiger partial charge in [0.1, 0.15) is 0 Å². The number of anilines is 1. The van der Waals surface area contributed by atoms with Gasteiger partial charge in [-0.25, -0.2) is 11.4 Å². The largest absolute Gasteiger partial charge is 0.464 e. The lowest BCUT2D eigenvalue weighted by molar-refractivity contribution is -0.166. The summed E-state index contributed by atoms with van der Waals surface area (Å²) in [6, 6.07) is 8.13. The van der Waals surface area contributed by atoms with Gasteiger partial charge in [-0.15, -0.1) is 0 Å². The number of hydrogen-bond acceptors (Lipinski definition) is 5. The SMILES string of the molecule is [C-]#[N+]Cc1ccc(-c2c(C)nc(C)c([C@H](OC(C)(C)C)C(=O)OCC)c2N2CCC(C)(C)CC2)cc1. The maximum absolute atomic E-state index is 13.3. The van der Waals surface area contributed by atoms with Crippen molar-refractivity contribution in [2.24, 2.45) is 5.41 Å². The quantitative estimate of drug-likeness (QED) is 0.314. The first-order valence-corrected chi connectivity index (χ1v) is 12.9. The minimum atomic E-state index is -0.886. The van der Waals surface area contributed by atoms with Crippen LogP contribution in [-0.2, 0) is 20.8 Å². The number of carbonyl (C=O) groups is 1. The van der Waals surface area contributed by atoms with Crippen LogP contribution in [0.15, 0.2) is 24.3 Å². The van der Waals surface area contributed by atoms with Crippen LogP contribution in [0.1, 0.15) is 83.0 Å². The van der Waals surface area contributed by atoms with Gasteiger partial charge in [-0.3, -0.25) is 4.98 Å². The van der Waals surface area contributed by atoms with Crippen LogP contribution in [0.5, 0.6) is 0 Å². The van der Waals surface area contributed by atoms with E-state index < -0.39 is 17.7 Å². The third-order valence-electron chi connectivity index (χ3n) is 6.75. The number of carbonyl (C=O) groups excluding carboxylic acids is 1. The van der Waals surface area contributed by atoms with Crippen molar-refractivity contribution >= 4 is 11.7 Å². The van der Waals surface area contributed by atoms with E-state index in [4.69, 9.17) is 21.0 Å². The highest BCUT2D eigenvalue weighted by Gasteiger charge is 2.37. The second-order valence-electron chi connectivity index (χ2n) is 11.4. The van der Waals surface area contributed by atoms with Crippen LogP contribution in [0.25, 0.3) is 16.0 Å². The number of rotatable bonds is 7. The zero-order valence-corrected chi connectivity index (χ0v) is 23.2. The number of hydrogen-bond donors (Lipinski definition) is 0. The smallest absolute Gasteiger partial charge is 0.340 e. The van der Waals surface area contributed by atoms with Gasteiger partial charge in [0.25, 0.3) is 0 Å². The standard InChI is InChI=1S/C30H41N3O3/c1-10-35-28(34)27(36-29(4,5)6)25-21(3)32-20(2)24(23-13-11-22(12-14-23)19-31-9)26(25)33-17-15-30(7,8)16-18-33/h11-14,27H,10,15-19H2,1-8H3/t27-/m0/s1. The molecule has 1 saturated heterocycles. The van der Waals surface area contributed by atoms with Gasteiger partial charge in [0.2, 0.25) is 6.54 Å². The number of aromatic nitrogens is 1. The first-order valence-electron chi connectivity index (χ1n) is 12.9. The van der Waals surface area contributed by atoms with E-state index in [1.165, 1.54) is 0 Å². The molecular weight excluding hydrogens is 450 g/mol. The summed E-state index contributed by atoms with van der Waals surface area (Å²) in [5.74, 6) is -0.391. The highest BCUT2D eigenvalue weighted by molar-refractivity contribution is 5.88. The van der Waals surface area contributed by atoms with Gasteiger partial charge in [-0.2, -0.15) is 0 Å². The number of nitrogens with zero attached hydrogens (tertiary/aromatic N) is 3. The summed E-state index contributed by atoms with van der Waals surface area (Å²) < 4.78 is 11.9. The van der Waals surface area contributed by atoms with Crippen LogP contribution in [-0.4, -0.2) is 36.3 Å². The van der Waals surface area contributed by atoms with E-state index in [0.29, 0.717) is 6.54 Å². The summed E-state index contributed by atoms with van der Waals surface area (Å²) in [4.78, 5) is 24.2. The Balaban J connectivity index is 2.28. The van der Waals surface area contributed by atoms with Gasteiger partial charge in [-0.1, -0.05) is 38.1 Å². The Morgan fingerprint density at radius 1 is 1.14 bits per heavy atom. The van der Waals surface area contributed by atoms with E-state index in [9.17, 15) is 4.79 Å². The van der Waals surface area contributed by atoms with Gasteiger partial charge in [-0.05, 0) is 65.4 Å². The van der Waals surface area contributed by atoms with Crippen molar-refractivity contribution in [3.8, 4) is 11.1 Å². The Hall–Kier alpha value is -2.91. The second-order valence-corrected chi connectivity index (χ2v) is 11.4. The molecule has 0 bridgehead atoms. The summed E-state index contributed by atoms with van der Waals surface area (Å²) >= 11 is 0. The summed E-state index contributed by atoms with van der Waals surface area (Å²) in [6.07, 6.45) is 1.23. The van der Waals surface area contributed by atoms with Crippen molar-refractivity contribution < 1.29 is 14.3 Å². The molecule has 36 heavy (non-hydrogen) atoms. The minimum absolute atomic E-state index is 0.276. The number of piperidine rings is 1. The molecule has 0 N–H and O–H groups in total. The van der Waals surface area contributed by atoms with Crippen molar-refractivity contribution in [3.05, 3.63) is 58.2 Å². The summed E-state index contributed by atoms with van der Waals surface area (Å²) in [7, 11) is 0. The van der Waals surface area contributed by atoms with Gasteiger partial charge in [0.15, 0.2) is 6.10 Å². The number of pyridine rings is 1. The fourth-order valence-corrected chi connectivity index (χ4v) is 4.83. The van der Waals surface area contributed by atoms with Crippen molar-refractivity contribution in [3.63, 3.8) is 0 Å². The van der Waals surface area contributed by atoms with E-state index in [1.54, 1.807) is 0 Å². The third kappa shape index (κ3) is 6.44. The highest BCUT2D eigenvalue weighted by Crippen LogP contribution is 2.45. The lowest BCUT2D eigenvalue weighted by Crippen LogP contribution is -2.39. The molecule has 6 heteroatoms. The summed E-state index contributed by atoms with van der Waals surface area (Å²) in [6.45, 7) is 25.9. The van der Waals surface area contributed by atoms with E-state index in [-0.39, 0.29) is 12.0 Å². The Morgan fingerprint density at radius 3 is 2.28 bits per heavy atom. The molecule has 0 radical (unpaired) electrons. The average molecular weight is 492 g/mol.